The Morgan fingerprint density at radius 3 is 2.61 bits per heavy atom. The second-order valence-electron chi connectivity index (χ2n) is 8.85. The second kappa shape index (κ2) is 8.87. The topological polar surface area (TPSA) is 65.9 Å². The summed E-state index contributed by atoms with van der Waals surface area (Å²) in [4.78, 5) is 21.9. The summed E-state index contributed by atoms with van der Waals surface area (Å²) < 4.78 is 5.30. The van der Waals surface area contributed by atoms with Gasteiger partial charge in [-0.2, -0.15) is 0 Å². The molecule has 2 aliphatic rings. The molecule has 0 aliphatic carbocycles. The molecule has 1 aromatic heterocycles. The molecule has 0 radical (unpaired) electrons. The van der Waals surface area contributed by atoms with Gasteiger partial charge in [-0.05, 0) is 59.5 Å². The van der Waals surface area contributed by atoms with E-state index in [9.17, 15) is 9.90 Å². The van der Waals surface area contributed by atoms with Crippen molar-refractivity contribution in [1.82, 2.24) is 9.88 Å². The van der Waals surface area contributed by atoms with Crippen molar-refractivity contribution in [3.05, 3.63) is 78.1 Å². The maximum absolute atomic E-state index is 13.4. The number of benzene rings is 2. The number of pyridine rings is 1. The molecule has 0 bridgehead atoms. The molecule has 2 aliphatic heterocycles. The lowest BCUT2D eigenvalue weighted by atomic mass is 9.81. The van der Waals surface area contributed by atoms with E-state index in [2.05, 4.69) is 40.2 Å². The SMILES string of the molecule is COc1ccc(-c2ccc3c(c2)[C@H]2[C@H](CCN2C(=O)Cc2ccccn2)[C@H](CO)N3C)cc1. The summed E-state index contributed by atoms with van der Waals surface area (Å²) >= 11 is 0. The number of aliphatic hydroxyl groups is 1. The number of nitrogens with zero attached hydrogens (tertiary/aromatic N) is 3. The molecule has 2 aromatic carbocycles. The molecular formula is C27H29N3O3. The lowest BCUT2D eigenvalue weighted by Crippen LogP contribution is -2.48. The van der Waals surface area contributed by atoms with Crippen LogP contribution in [0.5, 0.6) is 5.75 Å². The van der Waals surface area contributed by atoms with Crippen molar-refractivity contribution < 1.29 is 14.6 Å². The standard InChI is InChI=1S/C27H29N3O3/c1-29-24-11-8-19(18-6-9-21(33-2)10-7-18)15-23(24)27-22(25(29)17-31)12-14-30(27)26(32)16-20-5-3-4-13-28-20/h3-11,13,15,22,25,27,31H,12,14,16-17H2,1-2H3/t22-,25+,27-/m1/s1. The van der Waals surface area contributed by atoms with Crippen LogP contribution in [0.25, 0.3) is 11.1 Å². The Labute approximate surface area is 194 Å². The van der Waals surface area contributed by atoms with Gasteiger partial charge in [0.1, 0.15) is 5.75 Å². The van der Waals surface area contributed by atoms with Crippen molar-refractivity contribution in [3.8, 4) is 16.9 Å². The van der Waals surface area contributed by atoms with Crippen molar-refractivity contribution in [2.45, 2.75) is 24.9 Å². The second-order valence-corrected chi connectivity index (χ2v) is 8.85. The molecule has 6 heteroatoms. The van der Waals surface area contributed by atoms with E-state index in [1.807, 2.05) is 42.3 Å². The number of anilines is 1. The zero-order chi connectivity index (χ0) is 22.9. The summed E-state index contributed by atoms with van der Waals surface area (Å²) in [6, 6.07) is 20.1. The molecule has 5 rings (SSSR count). The monoisotopic (exact) mass is 443 g/mol. The number of likely N-dealkylation sites (tertiary alicyclic amines) is 1. The number of aliphatic hydroxyl groups excluding tert-OH is 1. The van der Waals surface area contributed by atoms with Gasteiger partial charge < -0.3 is 19.6 Å². The number of ether oxygens (including phenoxy) is 1. The van der Waals surface area contributed by atoms with Gasteiger partial charge in [0.15, 0.2) is 0 Å². The van der Waals surface area contributed by atoms with Crippen LogP contribution >= 0.6 is 0 Å². The van der Waals surface area contributed by atoms with Gasteiger partial charge in [-0.3, -0.25) is 9.78 Å². The highest BCUT2D eigenvalue weighted by atomic mass is 16.5. The maximum atomic E-state index is 13.4. The fourth-order valence-corrected chi connectivity index (χ4v) is 5.46. The molecule has 3 aromatic rings. The minimum absolute atomic E-state index is 0.0120. The molecule has 3 heterocycles. The number of amides is 1. The minimum Gasteiger partial charge on any atom is -0.497 e. The average molecular weight is 444 g/mol. The largest absolute Gasteiger partial charge is 0.497 e. The summed E-state index contributed by atoms with van der Waals surface area (Å²) in [6.45, 7) is 0.761. The quantitative estimate of drug-likeness (QED) is 0.651. The Kier molecular flexibility index (Phi) is 5.77. The van der Waals surface area contributed by atoms with Crippen molar-refractivity contribution >= 4 is 11.6 Å². The fraction of sp³-hybridized carbons (Fsp3) is 0.333. The highest BCUT2D eigenvalue weighted by Gasteiger charge is 2.47. The first kappa shape index (κ1) is 21.5. The number of methoxy groups -OCH3 is 1. The summed E-state index contributed by atoms with van der Waals surface area (Å²) in [5.74, 6) is 1.10. The number of rotatable bonds is 5. The lowest BCUT2D eigenvalue weighted by Gasteiger charge is -2.44. The predicted molar refractivity (Wildman–Crippen MR) is 128 cm³/mol. The van der Waals surface area contributed by atoms with Gasteiger partial charge in [-0.15, -0.1) is 0 Å². The average Bonchev–Trinajstić information content (AvgIpc) is 3.30. The number of hydrogen-bond donors (Lipinski definition) is 1. The van der Waals surface area contributed by atoms with Crippen LogP contribution in [0.3, 0.4) is 0 Å². The fourth-order valence-electron chi connectivity index (χ4n) is 5.46. The number of carbonyl (C=O) groups excluding carboxylic acids is 1. The molecule has 33 heavy (non-hydrogen) atoms. The number of carbonyl (C=O) groups is 1. The third-order valence-corrected chi connectivity index (χ3v) is 7.15. The van der Waals surface area contributed by atoms with Crippen molar-refractivity contribution in [2.75, 3.05) is 32.2 Å². The zero-order valence-corrected chi connectivity index (χ0v) is 19.0. The summed E-state index contributed by atoms with van der Waals surface area (Å²) in [6.07, 6.45) is 2.89. The smallest absolute Gasteiger partial charge is 0.229 e. The van der Waals surface area contributed by atoms with E-state index >= 15 is 0 Å². The van der Waals surface area contributed by atoms with Crippen LogP contribution in [-0.4, -0.2) is 54.2 Å². The van der Waals surface area contributed by atoms with Crippen LogP contribution < -0.4 is 9.64 Å². The molecule has 0 spiro atoms. The van der Waals surface area contributed by atoms with E-state index in [1.54, 1.807) is 13.3 Å². The Balaban J connectivity index is 1.53. The van der Waals surface area contributed by atoms with E-state index in [1.165, 1.54) is 0 Å². The molecule has 1 saturated heterocycles. The number of aromatic nitrogens is 1. The van der Waals surface area contributed by atoms with Crippen molar-refractivity contribution in [1.29, 1.82) is 0 Å². The number of fused-ring (bicyclic) bond motifs is 3. The minimum atomic E-state index is -0.0530. The number of hydrogen-bond acceptors (Lipinski definition) is 5. The first-order valence-corrected chi connectivity index (χ1v) is 11.4. The molecule has 0 saturated carbocycles. The third kappa shape index (κ3) is 3.85. The Morgan fingerprint density at radius 2 is 1.91 bits per heavy atom. The number of likely N-dealkylation sites (N-methyl/N-ethyl adjacent to an activating group) is 1. The van der Waals surface area contributed by atoms with Gasteiger partial charge in [0, 0.05) is 37.1 Å². The van der Waals surface area contributed by atoms with Crippen molar-refractivity contribution in [2.24, 2.45) is 5.92 Å². The predicted octanol–water partition coefficient (Wildman–Crippen LogP) is 3.70. The van der Waals surface area contributed by atoms with E-state index in [4.69, 9.17) is 4.74 Å². The normalized spacial score (nSPS) is 21.5. The summed E-state index contributed by atoms with van der Waals surface area (Å²) in [7, 11) is 3.71. The molecule has 3 atom stereocenters. The first-order valence-electron chi connectivity index (χ1n) is 11.4. The van der Waals surface area contributed by atoms with E-state index in [0.29, 0.717) is 6.54 Å². The van der Waals surface area contributed by atoms with Crippen LogP contribution in [0.1, 0.15) is 23.7 Å². The van der Waals surface area contributed by atoms with E-state index in [-0.39, 0.29) is 36.9 Å². The van der Waals surface area contributed by atoms with Crippen LogP contribution in [0.15, 0.2) is 66.9 Å². The summed E-state index contributed by atoms with van der Waals surface area (Å²) in [5, 5.41) is 10.2. The van der Waals surface area contributed by atoms with Gasteiger partial charge in [0.2, 0.25) is 5.91 Å². The Bertz CT molecular complexity index is 1130. The highest BCUT2D eigenvalue weighted by Crippen LogP contribution is 2.49. The van der Waals surface area contributed by atoms with Crippen LogP contribution in [0.2, 0.25) is 0 Å². The Hall–Kier alpha value is -3.38. The third-order valence-electron chi connectivity index (χ3n) is 7.15. The lowest BCUT2D eigenvalue weighted by molar-refractivity contribution is -0.132. The molecule has 1 fully saturated rings. The molecule has 1 amide bonds. The van der Waals surface area contributed by atoms with E-state index < -0.39 is 0 Å². The molecule has 170 valence electrons. The van der Waals surface area contributed by atoms with Crippen LogP contribution in [0, 0.1) is 5.92 Å². The molecule has 0 unspecified atom stereocenters. The van der Waals surface area contributed by atoms with Gasteiger partial charge in [0.25, 0.3) is 0 Å². The zero-order valence-electron chi connectivity index (χ0n) is 19.0. The van der Waals surface area contributed by atoms with Gasteiger partial charge in [-0.25, -0.2) is 0 Å². The Morgan fingerprint density at radius 1 is 1.12 bits per heavy atom. The molecule has 6 nitrogen and oxygen atoms in total. The summed E-state index contributed by atoms with van der Waals surface area (Å²) in [5.41, 5.74) is 5.21. The van der Waals surface area contributed by atoms with Gasteiger partial charge >= 0.3 is 0 Å². The van der Waals surface area contributed by atoms with E-state index in [0.717, 1.165) is 40.2 Å². The van der Waals surface area contributed by atoms with Crippen LogP contribution in [0.4, 0.5) is 5.69 Å². The molecular weight excluding hydrogens is 414 g/mol. The maximum Gasteiger partial charge on any atom is 0.229 e. The van der Waals surface area contributed by atoms with Gasteiger partial charge in [-0.1, -0.05) is 24.3 Å². The highest BCUT2D eigenvalue weighted by molar-refractivity contribution is 5.80. The van der Waals surface area contributed by atoms with Crippen molar-refractivity contribution in [3.63, 3.8) is 0 Å². The van der Waals surface area contributed by atoms with Gasteiger partial charge in [0.05, 0.1) is 32.2 Å². The molecule has 1 N–H and O–H groups in total. The first-order chi connectivity index (χ1) is 16.1. The van der Waals surface area contributed by atoms with Crippen LogP contribution in [-0.2, 0) is 11.2 Å².